The van der Waals surface area contributed by atoms with E-state index in [1.54, 1.807) is 61.5 Å². The van der Waals surface area contributed by atoms with Gasteiger partial charge < -0.3 is 47.0 Å². The second-order valence-corrected chi connectivity index (χ2v) is 37.5. The lowest BCUT2D eigenvalue weighted by Gasteiger charge is -2.36. The van der Waals surface area contributed by atoms with E-state index < -0.39 is 74.7 Å². The summed E-state index contributed by atoms with van der Waals surface area (Å²) in [5.41, 5.74) is -6.02. The van der Waals surface area contributed by atoms with Gasteiger partial charge in [0.15, 0.2) is 11.6 Å². The number of halogens is 6. The highest BCUT2D eigenvalue weighted by Crippen LogP contribution is 2.55. The molecule has 0 saturated carbocycles. The van der Waals surface area contributed by atoms with Crippen molar-refractivity contribution in [1.29, 1.82) is 10.5 Å². The number of carbonyl (C=O) groups excluding carboxylic acids is 2. The molecule has 0 amide bonds. The van der Waals surface area contributed by atoms with Crippen molar-refractivity contribution in [2.24, 2.45) is 0 Å². The van der Waals surface area contributed by atoms with E-state index in [1.165, 1.54) is 99.5 Å². The molecule has 0 aliphatic heterocycles. The molecule has 18 nitrogen and oxygen atoms in total. The van der Waals surface area contributed by atoms with Crippen LogP contribution >= 0.6 is 0 Å². The molecule has 4 aromatic carbocycles. The number of nitrogens with zero attached hydrogens (tertiary/aromatic N) is 8. The zero-order chi connectivity index (χ0) is 67.1. The zero-order valence-electron chi connectivity index (χ0n) is 54.1. The molecule has 0 bridgehead atoms. The lowest BCUT2D eigenvalue weighted by molar-refractivity contribution is -0.262. The monoisotopic (exact) mass is 1290 g/mol. The third-order valence-corrected chi connectivity index (χ3v) is 18.2. The minimum atomic E-state index is -5.10. The summed E-state index contributed by atoms with van der Waals surface area (Å²) in [6.45, 7) is 26.7. The Morgan fingerprint density at radius 1 is 0.544 bits per heavy atom. The third-order valence-electron chi connectivity index (χ3n) is 14.8. The summed E-state index contributed by atoms with van der Waals surface area (Å²) in [6, 6.07) is 20.3. The van der Waals surface area contributed by atoms with Gasteiger partial charge in [-0.25, -0.2) is 19.6 Å². The highest BCUT2D eigenvalue weighted by atomic mass is 28.3. The van der Waals surface area contributed by atoms with Gasteiger partial charge in [-0.15, -0.1) is 0 Å². The first-order valence-electron chi connectivity index (χ1n) is 28.8. The largest absolute Gasteiger partial charge is 0.496 e. The van der Waals surface area contributed by atoms with Crippen LogP contribution in [0.5, 0.6) is 11.5 Å². The molecule has 8 aromatic rings. The van der Waals surface area contributed by atoms with Crippen LogP contribution < -0.4 is 9.47 Å². The second kappa shape index (κ2) is 25.9. The smallest absolute Gasteiger partial charge is 0.429 e. The number of benzene rings is 4. The molecule has 0 saturated heterocycles. The number of carbonyl (C=O) groups is 2. The van der Waals surface area contributed by atoms with Gasteiger partial charge in [0.2, 0.25) is 0 Å². The van der Waals surface area contributed by atoms with Gasteiger partial charge >= 0.3 is 24.5 Å². The first-order valence-corrected chi connectivity index (χ1v) is 36.2. The van der Waals surface area contributed by atoms with Gasteiger partial charge in [-0.3, -0.25) is 9.13 Å². The van der Waals surface area contributed by atoms with E-state index in [0.29, 0.717) is 29.9 Å². The maximum atomic E-state index is 15.9. The van der Waals surface area contributed by atoms with Gasteiger partial charge in [-0.1, -0.05) is 39.3 Å². The predicted octanol–water partition coefficient (Wildman–Crippen LogP) is 15.5. The predicted molar refractivity (Wildman–Crippen MR) is 335 cm³/mol. The van der Waals surface area contributed by atoms with E-state index in [-0.39, 0.29) is 85.6 Å². The van der Waals surface area contributed by atoms with Crippen molar-refractivity contribution in [2.75, 3.05) is 41.7 Å². The number of aryl methyl sites for hydroxylation is 2. The van der Waals surface area contributed by atoms with E-state index in [4.69, 9.17) is 37.9 Å². The number of fused-ring (bicyclic) bond motifs is 4. The topological polar surface area (TPSA) is 201 Å². The Morgan fingerprint density at radius 2 is 0.933 bits per heavy atom. The van der Waals surface area contributed by atoms with Crippen LogP contribution in [0, 0.1) is 36.5 Å². The Labute approximate surface area is 521 Å². The molecule has 0 spiro atoms. The van der Waals surface area contributed by atoms with Gasteiger partial charge in [0.05, 0.1) is 81.7 Å². The number of hydrogen-bond donors (Lipinski definition) is 0. The van der Waals surface area contributed by atoms with Crippen molar-refractivity contribution in [1.82, 2.24) is 28.2 Å². The number of rotatable bonds is 18. The molecule has 8 rings (SSSR count). The van der Waals surface area contributed by atoms with Crippen molar-refractivity contribution in [3.05, 3.63) is 118 Å². The van der Waals surface area contributed by atoms with E-state index >= 15 is 26.3 Å². The van der Waals surface area contributed by atoms with E-state index in [0.717, 1.165) is 26.3 Å². The standard InChI is InChI=1S/2C32H39F3N4O5Si/c1-20-16-25(41-5)26(22-12-13-38(27(20)22)29(40)44-30(2,3)4)31(42-6,32(33,34)35)28-37-23-17-21(18-36)10-11-24(23)39(28)19-43-14-15-45(7,8)9;1-20-16-25(41-5)26(22-12-13-38(27(20)22)29(40)44-30(2,3)4)31(42-6,32(33,34)35)28-37-23-11-10-21(18-36)17-24(23)39(28)19-43-14-15-45(7,8)9/h2*10-13,16-17H,14-15,19H2,1-9H3. The van der Waals surface area contributed by atoms with Crippen molar-refractivity contribution in [2.45, 2.75) is 155 Å². The van der Waals surface area contributed by atoms with Crippen molar-refractivity contribution < 1.29 is 73.8 Å². The lowest BCUT2D eigenvalue weighted by Crippen LogP contribution is -2.47. The second-order valence-electron chi connectivity index (χ2n) is 26.2. The van der Waals surface area contributed by atoms with Crippen LogP contribution in [-0.2, 0) is 53.1 Å². The fourth-order valence-corrected chi connectivity index (χ4v) is 12.1. The average Bonchev–Trinajstić information content (AvgIpc) is 1.39. The number of alkyl halides is 6. The molecule has 0 aliphatic rings. The Balaban J connectivity index is 0.000000256. The number of hydrogen-bond acceptors (Lipinski definition) is 14. The van der Waals surface area contributed by atoms with Crippen LogP contribution in [0.25, 0.3) is 43.9 Å². The molecule has 90 heavy (non-hydrogen) atoms. The maximum absolute atomic E-state index is 15.9. The van der Waals surface area contributed by atoms with Crippen molar-refractivity contribution >= 4 is 72.2 Å². The van der Waals surface area contributed by atoms with Crippen LogP contribution in [-0.4, -0.2) is 122 Å². The summed E-state index contributed by atoms with van der Waals surface area (Å²) in [4.78, 5) is 35.3. The van der Waals surface area contributed by atoms with E-state index in [9.17, 15) is 20.1 Å². The first-order chi connectivity index (χ1) is 41.8. The number of ether oxygens (including phenoxy) is 8. The first kappa shape index (κ1) is 69.7. The lowest BCUT2D eigenvalue weighted by atomic mass is 9.87. The van der Waals surface area contributed by atoms with Gasteiger partial charge in [-0.2, -0.15) is 36.9 Å². The Kier molecular flexibility index (Phi) is 20.0. The molecule has 0 fully saturated rings. The molecule has 0 aliphatic carbocycles. The molecule has 484 valence electrons. The summed E-state index contributed by atoms with van der Waals surface area (Å²) in [5, 5.41) is 19.2. The van der Waals surface area contributed by atoms with E-state index in [2.05, 4.69) is 49.3 Å². The molecular formula is C64H78F6N8O10Si2. The maximum Gasteiger partial charge on any atom is 0.429 e. The summed E-state index contributed by atoms with van der Waals surface area (Å²) in [5.74, 6) is -1.25. The quantitative estimate of drug-likeness (QED) is 0.0446. The fourth-order valence-electron chi connectivity index (χ4n) is 10.6. The minimum absolute atomic E-state index is 0.0628. The van der Waals surface area contributed by atoms with Gasteiger partial charge in [0.25, 0.3) is 11.2 Å². The number of methoxy groups -OCH3 is 4. The molecule has 0 N–H and O–H groups in total. The number of aromatic nitrogens is 6. The van der Waals surface area contributed by atoms with Crippen LogP contribution in [0.3, 0.4) is 0 Å². The number of nitriles is 2. The summed E-state index contributed by atoms with van der Waals surface area (Å²) >= 11 is 0. The summed E-state index contributed by atoms with van der Waals surface area (Å²) < 4.78 is 145. The summed E-state index contributed by atoms with van der Waals surface area (Å²) in [7, 11) is 1.44. The zero-order valence-corrected chi connectivity index (χ0v) is 56.1. The van der Waals surface area contributed by atoms with Gasteiger partial charge in [0, 0.05) is 66.7 Å². The Bertz CT molecular complexity index is 3930. The van der Waals surface area contributed by atoms with Crippen molar-refractivity contribution in [3.63, 3.8) is 0 Å². The van der Waals surface area contributed by atoms with Crippen LogP contribution in [0.15, 0.2) is 73.1 Å². The highest BCUT2D eigenvalue weighted by molar-refractivity contribution is 6.76. The Morgan fingerprint density at radius 3 is 1.30 bits per heavy atom. The third kappa shape index (κ3) is 13.9. The molecule has 26 heteroatoms. The molecule has 2 atom stereocenters. The highest BCUT2D eigenvalue weighted by Gasteiger charge is 2.65. The molecule has 4 heterocycles. The molecule has 2 unspecified atom stereocenters. The van der Waals surface area contributed by atoms with Gasteiger partial charge in [0.1, 0.15) is 36.2 Å². The average molecular weight is 1290 g/mol. The minimum Gasteiger partial charge on any atom is -0.496 e. The van der Waals surface area contributed by atoms with Gasteiger partial charge in [-0.05, 0) is 139 Å². The Hall–Kier alpha value is -7.73. The van der Waals surface area contributed by atoms with Crippen LogP contribution in [0.1, 0.15) is 86.6 Å². The van der Waals surface area contributed by atoms with E-state index in [1.807, 2.05) is 12.1 Å². The molecule has 4 aromatic heterocycles. The number of imidazole rings is 2. The normalized spacial score (nSPS) is 14.0. The fraction of sp³-hybridized carbons (Fsp3) is 0.469. The van der Waals surface area contributed by atoms with Crippen LogP contribution in [0.4, 0.5) is 35.9 Å². The SMILES string of the molecule is COc1cc(C)c2c(ccn2C(=O)OC(C)(C)C)c1C(OC)(c1nc2cc(C#N)ccc2n1COCC[Si](C)(C)C)C(F)(F)F.COc1cc(C)c2c(ccn2C(=O)OC(C)(C)C)c1C(OC)(c1nc2ccc(C#N)cc2n1COCC[Si](C)(C)C)C(F)(F)F. The summed E-state index contributed by atoms with van der Waals surface area (Å²) in [6.07, 6.45) is -8.96. The van der Waals surface area contributed by atoms with Crippen LogP contribution in [0.2, 0.25) is 51.4 Å². The van der Waals surface area contributed by atoms with Crippen molar-refractivity contribution in [3.8, 4) is 23.6 Å². The molecular weight excluding hydrogens is 1210 g/mol. The molecule has 0 radical (unpaired) electrons.